The predicted molar refractivity (Wildman–Crippen MR) is 116 cm³/mol. The molecule has 0 spiro atoms. The van der Waals surface area contributed by atoms with Crippen LogP contribution in [0.2, 0.25) is 0 Å². The van der Waals surface area contributed by atoms with Gasteiger partial charge in [-0.15, -0.1) is 0 Å². The number of fused-ring (bicyclic) bond motifs is 1. The van der Waals surface area contributed by atoms with Gasteiger partial charge in [0.05, 0.1) is 16.3 Å². The van der Waals surface area contributed by atoms with Crippen LogP contribution in [0, 0.1) is 5.82 Å². The number of urea groups is 1. The number of rotatable bonds is 4. The monoisotopic (exact) mass is 429 g/mol. The fourth-order valence-corrected chi connectivity index (χ4v) is 4.48. The standard InChI is InChI=1S/C21H24FN5O2S/c1-3-17(28)14-10-15(22)19(23-11-14)27-9-8-26(12-13(27)2)21(29)25-20-24-16-6-4-5-7-18(16)30-20/h4-7,10-11,13,17,28H,3,8-9,12H2,1-2H3,(H,24,25,29). The van der Waals surface area contributed by atoms with Crippen LogP contribution in [0.15, 0.2) is 36.5 Å². The molecule has 1 aliphatic heterocycles. The second kappa shape index (κ2) is 8.53. The molecular weight excluding hydrogens is 405 g/mol. The van der Waals surface area contributed by atoms with Gasteiger partial charge in [-0.3, -0.25) is 5.32 Å². The van der Waals surface area contributed by atoms with Gasteiger partial charge in [0.25, 0.3) is 0 Å². The Morgan fingerprint density at radius 2 is 2.20 bits per heavy atom. The van der Waals surface area contributed by atoms with Crippen molar-refractivity contribution in [2.45, 2.75) is 32.4 Å². The van der Waals surface area contributed by atoms with Gasteiger partial charge in [-0.25, -0.2) is 19.2 Å². The van der Waals surface area contributed by atoms with Crippen LogP contribution in [0.4, 0.5) is 20.1 Å². The summed E-state index contributed by atoms with van der Waals surface area (Å²) in [6, 6.07) is 8.76. The van der Waals surface area contributed by atoms with Gasteiger partial charge in [0.1, 0.15) is 0 Å². The number of pyridine rings is 1. The zero-order chi connectivity index (χ0) is 21.3. The van der Waals surface area contributed by atoms with Crippen molar-refractivity contribution >= 4 is 38.5 Å². The number of amides is 2. The molecule has 1 aromatic carbocycles. The van der Waals surface area contributed by atoms with Crippen LogP contribution in [0.5, 0.6) is 0 Å². The molecule has 158 valence electrons. The van der Waals surface area contributed by atoms with Gasteiger partial charge in [0.2, 0.25) is 0 Å². The number of para-hydroxylation sites is 1. The number of nitrogens with zero attached hydrogens (tertiary/aromatic N) is 4. The van der Waals surface area contributed by atoms with Crippen LogP contribution in [-0.2, 0) is 0 Å². The smallest absolute Gasteiger partial charge is 0.323 e. The number of carbonyl (C=O) groups excluding carboxylic acids is 1. The Morgan fingerprint density at radius 1 is 1.40 bits per heavy atom. The Labute approximate surface area is 178 Å². The molecule has 2 amide bonds. The predicted octanol–water partition coefficient (Wildman–Crippen LogP) is 4.02. The van der Waals surface area contributed by atoms with E-state index in [4.69, 9.17) is 0 Å². The van der Waals surface area contributed by atoms with E-state index in [0.29, 0.717) is 36.8 Å². The summed E-state index contributed by atoms with van der Waals surface area (Å²) < 4.78 is 15.7. The van der Waals surface area contributed by atoms with E-state index in [-0.39, 0.29) is 17.9 Å². The van der Waals surface area contributed by atoms with Gasteiger partial charge in [0.15, 0.2) is 16.8 Å². The Hall–Kier alpha value is -2.78. The van der Waals surface area contributed by atoms with E-state index in [9.17, 15) is 14.3 Å². The minimum atomic E-state index is -0.721. The summed E-state index contributed by atoms with van der Waals surface area (Å²) in [6.45, 7) is 5.12. The fraction of sp³-hybridized carbons (Fsp3) is 0.381. The molecule has 0 radical (unpaired) electrons. The maximum absolute atomic E-state index is 14.6. The average Bonchev–Trinajstić information content (AvgIpc) is 3.15. The molecule has 2 N–H and O–H groups in total. The summed E-state index contributed by atoms with van der Waals surface area (Å²) in [7, 11) is 0. The van der Waals surface area contributed by atoms with Gasteiger partial charge in [-0.1, -0.05) is 30.4 Å². The Balaban J connectivity index is 1.41. The molecule has 2 aromatic heterocycles. The lowest BCUT2D eigenvalue weighted by molar-refractivity contribution is 0.172. The van der Waals surface area contributed by atoms with Gasteiger partial charge in [-0.2, -0.15) is 0 Å². The first-order chi connectivity index (χ1) is 14.5. The first kappa shape index (κ1) is 20.5. The number of nitrogens with one attached hydrogen (secondary N) is 1. The number of aliphatic hydroxyl groups excluding tert-OH is 1. The summed E-state index contributed by atoms with van der Waals surface area (Å²) >= 11 is 1.44. The maximum atomic E-state index is 14.6. The summed E-state index contributed by atoms with van der Waals surface area (Å²) in [5.41, 5.74) is 1.33. The van der Waals surface area contributed by atoms with Crippen molar-refractivity contribution in [2.24, 2.45) is 0 Å². The second-order valence-electron chi connectivity index (χ2n) is 7.40. The summed E-state index contributed by atoms with van der Waals surface area (Å²) in [5, 5.41) is 13.3. The van der Waals surface area contributed by atoms with Crippen molar-refractivity contribution in [1.82, 2.24) is 14.9 Å². The van der Waals surface area contributed by atoms with E-state index in [2.05, 4.69) is 15.3 Å². The van der Waals surface area contributed by atoms with Crippen molar-refractivity contribution in [3.63, 3.8) is 0 Å². The van der Waals surface area contributed by atoms with E-state index in [1.54, 1.807) is 4.90 Å². The van der Waals surface area contributed by atoms with E-state index >= 15 is 0 Å². The number of aromatic nitrogens is 2. The number of benzene rings is 1. The van der Waals surface area contributed by atoms with Crippen LogP contribution in [0.25, 0.3) is 10.2 Å². The molecule has 0 saturated carbocycles. The Kier molecular flexibility index (Phi) is 5.83. The van der Waals surface area contributed by atoms with Crippen molar-refractivity contribution in [2.75, 3.05) is 29.9 Å². The minimum Gasteiger partial charge on any atom is -0.388 e. The molecule has 2 atom stereocenters. The summed E-state index contributed by atoms with van der Waals surface area (Å²) in [4.78, 5) is 25.0. The van der Waals surface area contributed by atoms with Crippen LogP contribution < -0.4 is 10.2 Å². The lowest BCUT2D eigenvalue weighted by Gasteiger charge is -2.40. The number of anilines is 2. The molecule has 0 aliphatic carbocycles. The van der Waals surface area contributed by atoms with Gasteiger partial charge < -0.3 is 14.9 Å². The number of piperazine rings is 1. The van der Waals surface area contributed by atoms with Crippen molar-refractivity contribution in [3.05, 3.63) is 47.9 Å². The van der Waals surface area contributed by atoms with Gasteiger partial charge >= 0.3 is 6.03 Å². The molecule has 0 bridgehead atoms. The zero-order valence-electron chi connectivity index (χ0n) is 16.9. The van der Waals surface area contributed by atoms with Crippen LogP contribution >= 0.6 is 11.3 Å². The lowest BCUT2D eigenvalue weighted by atomic mass is 10.1. The van der Waals surface area contributed by atoms with Crippen molar-refractivity contribution < 1.29 is 14.3 Å². The molecule has 7 nitrogen and oxygen atoms in total. The summed E-state index contributed by atoms with van der Waals surface area (Å²) in [6.07, 6.45) is 1.30. The Morgan fingerprint density at radius 3 is 2.90 bits per heavy atom. The largest absolute Gasteiger partial charge is 0.388 e. The molecule has 3 heterocycles. The number of halogens is 1. The third-order valence-corrected chi connectivity index (χ3v) is 6.26. The van der Waals surface area contributed by atoms with Gasteiger partial charge in [0, 0.05) is 37.4 Å². The van der Waals surface area contributed by atoms with Crippen LogP contribution in [0.1, 0.15) is 31.9 Å². The molecule has 1 fully saturated rings. The highest BCUT2D eigenvalue weighted by molar-refractivity contribution is 7.22. The highest BCUT2D eigenvalue weighted by Gasteiger charge is 2.29. The van der Waals surface area contributed by atoms with E-state index in [0.717, 1.165) is 10.2 Å². The number of thiazole rings is 1. The number of carbonyl (C=O) groups is 1. The summed E-state index contributed by atoms with van der Waals surface area (Å²) in [5.74, 6) is -0.208. The topological polar surface area (TPSA) is 81.6 Å². The molecule has 9 heteroatoms. The zero-order valence-corrected chi connectivity index (χ0v) is 17.7. The molecular formula is C21H24FN5O2S. The van der Waals surface area contributed by atoms with E-state index in [1.165, 1.54) is 23.6 Å². The number of hydrogen-bond donors (Lipinski definition) is 2. The number of hydrogen-bond acceptors (Lipinski definition) is 6. The second-order valence-corrected chi connectivity index (χ2v) is 8.43. The molecule has 4 rings (SSSR count). The van der Waals surface area contributed by atoms with E-state index < -0.39 is 11.9 Å². The first-order valence-corrected chi connectivity index (χ1v) is 10.8. The molecule has 2 unspecified atom stereocenters. The molecule has 30 heavy (non-hydrogen) atoms. The van der Waals surface area contributed by atoms with Crippen molar-refractivity contribution in [1.29, 1.82) is 0 Å². The highest BCUT2D eigenvalue weighted by atomic mass is 32.1. The van der Waals surface area contributed by atoms with E-state index in [1.807, 2.05) is 43.0 Å². The minimum absolute atomic E-state index is 0.108. The van der Waals surface area contributed by atoms with Crippen LogP contribution in [-0.4, -0.2) is 51.7 Å². The van der Waals surface area contributed by atoms with Gasteiger partial charge in [-0.05, 0) is 31.5 Å². The first-order valence-electron chi connectivity index (χ1n) is 9.98. The molecule has 1 aliphatic rings. The lowest BCUT2D eigenvalue weighted by Crippen LogP contribution is -2.55. The average molecular weight is 430 g/mol. The fourth-order valence-electron chi connectivity index (χ4n) is 3.63. The number of aliphatic hydroxyl groups is 1. The van der Waals surface area contributed by atoms with Crippen molar-refractivity contribution in [3.8, 4) is 0 Å². The third kappa shape index (κ3) is 4.08. The SMILES string of the molecule is CCC(O)c1cnc(N2CCN(C(=O)Nc3nc4ccccc4s3)CC2C)c(F)c1. The molecule has 1 saturated heterocycles. The molecule has 3 aromatic rings. The van der Waals surface area contributed by atoms with Crippen LogP contribution in [0.3, 0.4) is 0 Å². The Bertz CT molecular complexity index is 1030. The highest BCUT2D eigenvalue weighted by Crippen LogP contribution is 2.27. The quantitative estimate of drug-likeness (QED) is 0.655. The third-order valence-electron chi connectivity index (χ3n) is 5.31. The normalized spacial score (nSPS) is 17.9. The maximum Gasteiger partial charge on any atom is 0.323 e.